The Morgan fingerprint density at radius 2 is 1.93 bits per heavy atom. The number of sulfonamides is 1. The number of amides is 1. The van der Waals surface area contributed by atoms with Gasteiger partial charge in [0.05, 0.1) is 12.4 Å². The van der Waals surface area contributed by atoms with Crippen LogP contribution in [0.15, 0.2) is 40.3 Å². The van der Waals surface area contributed by atoms with Crippen LogP contribution in [0.25, 0.3) is 11.5 Å². The van der Waals surface area contributed by atoms with Crippen molar-refractivity contribution in [2.75, 3.05) is 5.32 Å². The van der Waals surface area contributed by atoms with Crippen molar-refractivity contribution >= 4 is 21.9 Å². The maximum Gasteiger partial charge on any atom is 0.471 e. The third-order valence-electron chi connectivity index (χ3n) is 3.24. The van der Waals surface area contributed by atoms with Crippen molar-refractivity contribution in [1.82, 2.24) is 25.1 Å². The smallest absolute Gasteiger partial charge is 0.444 e. The number of nitrogens with zero attached hydrogens (tertiary/aromatic N) is 5. The average Bonchev–Trinajstić information content (AvgIpc) is 3.17. The maximum atomic E-state index is 12.5. The van der Waals surface area contributed by atoms with E-state index in [1.807, 2.05) is 0 Å². The second-order valence-corrected chi connectivity index (χ2v) is 6.97. The summed E-state index contributed by atoms with van der Waals surface area (Å²) in [6.07, 6.45) is -2.48. The molecule has 16 heteroatoms. The van der Waals surface area contributed by atoms with E-state index in [4.69, 9.17) is 9.88 Å². The van der Waals surface area contributed by atoms with Crippen molar-refractivity contribution in [2.45, 2.75) is 17.8 Å². The summed E-state index contributed by atoms with van der Waals surface area (Å²) in [5, 5.41) is 9.98. The number of primary sulfonamides is 1. The summed E-state index contributed by atoms with van der Waals surface area (Å²) in [7, 11) is -3.94. The predicted octanol–water partition coefficient (Wildman–Crippen LogP) is 1.34. The predicted molar refractivity (Wildman–Crippen MR) is 89.7 cm³/mol. The molecule has 0 spiro atoms. The zero-order chi connectivity index (χ0) is 21.9. The van der Waals surface area contributed by atoms with Crippen LogP contribution < -0.4 is 10.5 Å². The van der Waals surface area contributed by atoms with Crippen LogP contribution in [0.4, 0.5) is 23.8 Å². The zero-order valence-electron chi connectivity index (χ0n) is 14.5. The molecule has 3 N–H and O–H groups in total. The minimum atomic E-state index is -4.79. The Kier molecular flexibility index (Phi) is 5.61. The van der Waals surface area contributed by atoms with Gasteiger partial charge >= 0.3 is 18.2 Å². The largest absolute Gasteiger partial charge is 0.471 e. The molecule has 0 aliphatic carbocycles. The normalized spacial score (nSPS) is 11.9. The molecule has 0 aliphatic heterocycles. The SMILES string of the molecule is NS(=O)(=O)c1ccc(COC(=O)Nc2cnc(-c3noc(C(F)(F)F)n3)cn2)cn1. The van der Waals surface area contributed by atoms with Crippen LogP contribution in [-0.4, -0.2) is 39.6 Å². The van der Waals surface area contributed by atoms with Gasteiger partial charge in [0.15, 0.2) is 10.8 Å². The number of alkyl halides is 3. The van der Waals surface area contributed by atoms with E-state index in [1.165, 1.54) is 12.3 Å². The number of anilines is 1. The van der Waals surface area contributed by atoms with Gasteiger partial charge in [-0.15, -0.1) is 0 Å². The number of aromatic nitrogens is 5. The van der Waals surface area contributed by atoms with Crippen LogP contribution in [0.5, 0.6) is 0 Å². The molecule has 158 valence electrons. The number of carbonyl (C=O) groups excluding carboxylic acids is 1. The van der Waals surface area contributed by atoms with Crippen molar-refractivity contribution in [1.29, 1.82) is 0 Å². The van der Waals surface area contributed by atoms with Gasteiger partial charge in [-0.2, -0.15) is 18.2 Å². The van der Waals surface area contributed by atoms with Crippen molar-refractivity contribution in [3.63, 3.8) is 0 Å². The fraction of sp³-hybridized carbons (Fsp3) is 0.143. The monoisotopic (exact) mass is 445 g/mol. The average molecular weight is 445 g/mol. The number of halogens is 3. The molecule has 3 rings (SSSR count). The number of nitrogens with two attached hydrogens (primary N) is 1. The molecule has 0 bridgehead atoms. The number of carbonyl (C=O) groups is 1. The Morgan fingerprint density at radius 3 is 2.47 bits per heavy atom. The molecule has 3 heterocycles. The molecule has 0 fully saturated rings. The lowest BCUT2D eigenvalue weighted by molar-refractivity contribution is -0.159. The molecule has 1 amide bonds. The number of ether oxygens (including phenoxy) is 1. The van der Waals surface area contributed by atoms with Gasteiger partial charge in [0, 0.05) is 11.8 Å². The number of hydrogen-bond donors (Lipinski definition) is 2. The van der Waals surface area contributed by atoms with Gasteiger partial charge in [0.25, 0.3) is 10.0 Å². The minimum Gasteiger partial charge on any atom is -0.444 e. The first-order chi connectivity index (χ1) is 14.0. The van der Waals surface area contributed by atoms with Crippen LogP contribution in [0.3, 0.4) is 0 Å². The summed E-state index contributed by atoms with van der Waals surface area (Å²) in [5.74, 6) is -2.03. The Labute approximate surface area is 165 Å². The summed E-state index contributed by atoms with van der Waals surface area (Å²) in [5.41, 5.74) is 0.269. The van der Waals surface area contributed by atoms with Crippen molar-refractivity contribution in [2.24, 2.45) is 5.14 Å². The first kappa shape index (κ1) is 21.1. The highest BCUT2D eigenvalue weighted by atomic mass is 32.2. The highest BCUT2D eigenvalue weighted by Gasteiger charge is 2.38. The number of rotatable bonds is 5. The first-order valence-electron chi connectivity index (χ1n) is 7.67. The highest BCUT2D eigenvalue weighted by molar-refractivity contribution is 7.89. The van der Waals surface area contributed by atoms with Gasteiger partial charge in [-0.1, -0.05) is 11.2 Å². The lowest BCUT2D eigenvalue weighted by atomic mass is 10.3. The van der Waals surface area contributed by atoms with E-state index in [0.717, 1.165) is 18.5 Å². The summed E-state index contributed by atoms with van der Waals surface area (Å²) in [4.78, 5) is 26.1. The van der Waals surface area contributed by atoms with Gasteiger partial charge in [-0.25, -0.2) is 33.3 Å². The Hall–Kier alpha value is -3.66. The molecule has 3 aromatic rings. The molecule has 0 radical (unpaired) electrons. The summed E-state index contributed by atoms with van der Waals surface area (Å²) >= 11 is 0. The van der Waals surface area contributed by atoms with Gasteiger partial charge in [0.1, 0.15) is 12.3 Å². The number of nitrogens with one attached hydrogen (secondary N) is 1. The number of hydrogen-bond acceptors (Lipinski definition) is 10. The highest BCUT2D eigenvalue weighted by Crippen LogP contribution is 2.28. The van der Waals surface area contributed by atoms with E-state index in [2.05, 4.69) is 34.9 Å². The maximum absolute atomic E-state index is 12.5. The molecule has 0 saturated carbocycles. The molecule has 30 heavy (non-hydrogen) atoms. The first-order valence-corrected chi connectivity index (χ1v) is 9.22. The zero-order valence-corrected chi connectivity index (χ0v) is 15.3. The van der Waals surface area contributed by atoms with Gasteiger partial charge < -0.3 is 9.26 Å². The molecule has 0 saturated heterocycles. The van der Waals surface area contributed by atoms with Crippen LogP contribution >= 0.6 is 0 Å². The fourth-order valence-electron chi connectivity index (χ4n) is 1.90. The third kappa shape index (κ3) is 5.23. The van der Waals surface area contributed by atoms with Gasteiger partial charge in [0.2, 0.25) is 5.82 Å². The van der Waals surface area contributed by atoms with Crippen molar-refractivity contribution < 1.29 is 35.6 Å². The van der Waals surface area contributed by atoms with Gasteiger partial charge in [-0.05, 0) is 6.07 Å². The second kappa shape index (κ2) is 7.99. The minimum absolute atomic E-state index is 0.0639. The summed E-state index contributed by atoms with van der Waals surface area (Å²) < 4.78 is 68.6. The van der Waals surface area contributed by atoms with Gasteiger partial charge in [-0.3, -0.25) is 5.32 Å². The van der Waals surface area contributed by atoms with Crippen LogP contribution in [0, 0.1) is 0 Å². The molecule has 3 aromatic heterocycles. The molecule has 0 aromatic carbocycles. The van der Waals surface area contributed by atoms with E-state index in [1.54, 1.807) is 0 Å². The lowest BCUT2D eigenvalue weighted by Crippen LogP contribution is -2.16. The second-order valence-electron chi connectivity index (χ2n) is 5.46. The molecular weight excluding hydrogens is 435 g/mol. The molecule has 0 unspecified atom stereocenters. The van der Waals surface area contributed by atoms with E-state index in [-0.39, 0.29) is 23.1 Å². The van der Waals surface area contributed by atoms with Crippen molar-refractivity contribution in [3.05, 3.63) is 42.2 Å². The number of pyridine rings is 1. The van der Waals surface area contributed by atoms with Crippen LogP contribution in [0.1, 0.15) is 11.5 Å². The summed E-state index contributed by atoms with van der Waals surface area (Å²) in [6.45, 7) is -0.238. The molecule has 12 nitrogen and oxygen atoms in total. The standard InChI is InChI=1S/C14H10F3N7O5S/c15-14(16,17)12-23-11(24-29-12)8-4-20-9(5-19-8)22-13(25)28-6-7-1-2-10(21-3-7)30(18,26)27/h1-5H,6H2,(H2,18,26,27)(H,20,22,25). The van der Waals surface area contributed by atoms with E-state index in [9.17, 15) is 26.4 Å². The Bertz CT molecular complexity index is 1150. The van der Waals surface area contributed by atoms with Crippen LogP contribution in [0.2, 0.25) is 0 Å². The molecular formula is C14H10F3N7O5S. The van der Waals surface area contributed by atoms with Crippen molar-refractivity contribution in [3.8, 4) is 11.5 Å². The Balaban J connectivity index is 1.56. The third-order valence-corrected chi connectivity index (χ3v) is 4.06. The van der Waals surface area contributed by atoms with Crippen LogP contribution in [-0.2, 0) is 27.5 Å². The Morgan fingerprint density at radius 1 is 1.17 bits per heavy atom. The molecule has 0 atom stereocenters. The molecule has 0 aliphatic rings. The van der Waals surface area contributed by atoms with E-state index in [0.29, 0.717) is 5.56 Å². The quantitative estimate of drug-likeness (QED) is 0.582. The topological polar surface area (TPSA) is 176 Å². The fourth-order valence-corrected chi connectivity index (χ4v) is 2.36. The van der Waals surface area contributed by atoms with E-state index >= 15 is 0 Å². The van der Waals surface area contributed by atoms with E-state index < -0.39 is 34.0 Å². The summed E-state index contributed by atoms with van der Waals surface area (Å²) in [6, 6.07) is 2.51. The lowest BCUT2D eigenvalue weighted by Gasteiger charge is -2.06.